The number of hydrogen-bond acceptors (Lipinski definition) is 4. The minimum absolute atomic E-state index is 0.107. The molecule has 1 aromatic rings. The molecule has 7 nitrogen and oxygen atoms in total. The standard InChI is InChI=1S/C19H21ClN2O5/c1-9-5-13(6-10(2)17(9)20)27-8-14(23)21-22-18(24)15-11-3-4-12(7-11)16(15)19(25)26/h3-6,11-12,15-16H,7-8H2,1-2H3,(H,21,23)(H,22,24)(H,25,26). The van der Waals surface area contributed by atoms with Crippen molar-refractivity contribution in [2.75, 3.05) is 6.61 Å². The Morgan fingerprint density at radius 3 is 2.30 bits per heavy atom. The lowest BCUT2D eigenvalue weighted by Gasteiger charge is -2.23. The van der Waals surface area contributed by atoms with Crippen LogP contribution >= 0.6 is 11.6 Å². The van der Waals surface area contributed by atoms with Gasteiger partial charge in [0.1, 0.15) is 5.75 Å². The summed E-state index contributed by atoms with van der Waals surface area (Å²) in [7, 11) is 0. The van der Waals surface area contributed by atoms with Gasteiger partial charge in [-0.25, -0.2) is 0 Å². The van der Waals surface area contributed by atoms with Crippen molar-refractivity contribution < 1.29 is 24.2 Å². The lowest BCUT2D eigenvalue weighted by atomic mass is 9.82. The topological polar surface area (TPSA) is 105 Å². The summed E-state index contributed by atoms with van der Waals surface area (Å²) in [6.45, 7) is 3.38. The third-order valence-electron chi connectivity index (χ3n) is 5.15. The molecule has 144 valence electrons. The number of halogens is 1. The highest BCUT2D eigenvalue weighted by molar-refractivity contribution is 6.32. The summed E-state index contributed by atoms with van der Waals surface area (Å²) < 4.78 is 5.42. The summed E-state index contributed by atoms with van der Waals surface area (Å²) in [5, 5.41) is 10.0. The van der Waals surface area contributed by atoms with Crippen molar-refractivity contribution in [2.45, 2.75) is 20.3 Å². The minimum atomic E-state index is -0.991. The van der Waals surface area contributed by atoms with Crippen LogP contribution in [0.3, 0.4) is 0 Å². The van der Waals surface area contributed by atoms with Crippen LogP contribution in [0.15, 0.2) is 24.3 Å². The number of carboxylic acids is 1. The maximum Gasteiger partial charge on any atom is 0.307 e. The Bertz CT molecular complexity index is 799. The first-order valence-corrected chi connectivity index (χ1v) is 9.05. The number of nitrogens with one attached hydrogen (secondary N) is 2. The van der Waals surface area contributed by atoms with E-state index in [1.807, 2.05) is 26.0 Å². The third kappa shape index (κ3) is 3.93. The summed E-state index contributed by atoms with van der Waals surface area (Å²) >= 11 is 6.09. The number of hydrazine groups is 1. The fraction of sp³-hybridized carbons (Fsp3) is 0.421. The number of aliphatic carboxylic acids is 1. The first-order valence-electron chi connectivity index (χ1n) is 8.67. The molecule has 4 atom stereocenters. The number of benzene rings is 1. The van der Waals surface area contributed by atoms with Crippen molar-refractivity contribution >= 4 is 29.4 Å². The lowest BCUT2D eigenvalue weighted by Crippen LogP contribution is -2.49. The van der Waals surface area contributed by atoms with Crippen molar-refractivity contribution in [1.29, 1.82) is 0 Å². The van der Waals surface area contributed by atoms with E-state index in [4.69, 9.17) is 16.3 Å². The third-order valence-corrected chi connectivity index (χ3v) is 5.75. The second kappa shape index (κ2) is 7.60. The summed E-state index contributed by atoms with van der Waals surface area (Å²) in [6, 6.07) is 3.44. The van der Waals surface area contributed by atoms with E-state index in [1.165, 1.54) is 0 Å². The lowest BCUT2D eigenvalue weighted by molar-refractivity contribution is -0.148. The molecule has 8 heteroatoms. The Labute approximate surface area is 161 Å². The van der Waals surface area contributed by atoms with Crippen LogP contribution in [0.5, 0.6) is 5.75 Å². The first-order chi connectivity index (χ1) is 12.8. The number of carboxylic acid groups (broad SMARTS) is 1. The van der Waals surface area contributed by atoms with Crippen LogP contribution < -0.4 is 15.6 Å². The van der Waals surface area contributed by atoms with Crippen LogP contribution in [0, 0.1) is 37.5 Å². The predicted molar refractivity (Wildman–Crippen MR) is 98.1 cm³/mol. The molecule has 1 fully saturated rings. The highest BCUT2D eigenvalue weighted by atomic mass is 35.5. The van der Waals surface area contributed by atoms with E-state index in [9.17, 15) is 19.5 Å². The molecule has 27 heavy (non-hydrogen) atoms. The number of ether oxygens (including phenoxy) is 1. The fourth-order valence-corrected chi connectivity index (χ4v) is 4.01. The monoisotopic (exact) mass is 392 g/mol. The van der Waals surface area contributed by atoms with Crippen molar-refractivity contribution in [3.63, 3.8) is 0 Å². The van der Waals surface area contributed by atoms with Gasteiger partial charge in [-0.05, 0) is 55.4 Å². The van der Waals surface area contributed by atoms with Gasteiger partial charge < -0.3 is 9.84 Å². The Morgan fingerprint density at radius 1 is 1.11 bits per heavy atom. The average molecular weight is 393 g/mol. The maximum absolute atomic E-state index is 12.4. The van der Waals surface area contributed by atoms with Crippen LogP contribution in [-0.2, 0) is 14.4 Å². The fourth-order valence-electron chi connectivity index (χ4n) is 3.91. The quantitative estimate of drug-likeness (QED) is 0.525. The Balaban J connectivity index is 1.51. The van der Waals surface area contributed by atoms with E-state index >= 15 is 0 Å². The van der Waals surface area contributed by atoms with Gasteiger partial charge in [-0.3, -0.25) is 25.2 Å². The molecule has 0 saturated heterocycles. The highest BCUT2D eigenvalue weighted by Crippen LogP contribution is 2.48. The zero-order chi connectivity index (χ0) is 19.7. The minimum Gasteiger partial charge on any atom is -0.484 e. The van der Waals surface area contributed by atoms with E-state index in [0.29, 0.717) is 17.2 Å². The summed E-state index contributed by atoms with van der Waals surface area (Å²) in [4.78, 5) is 35.8. The SMILES string of the molecule is Cc1cc(OCC(=O)NNC(=O)C2C3C=CC(C3)C2C(=O)O)cc(C)c1Cl. The Hall–Kier alpha value is -2.54. The van der Waals surface area contributed by atoms with Crippen LogP contribution in [0.1, 0.15) is 17.5 Å². The molecule has 4 unspecified atom stereocenters. The molecule has 3 rings (SSSR count). The number of rotatable bonds is 5. The molecule has 0 aliphatic heterocycles. The second-order valence-corrected chi connectivity index (χ2v) is 7.41. The van der Waals surface area contributed by atoms with Gasteiger partial charge in [0.15, 0.2) is 6.61 Å². The van der Waals surface area contributed by atoms with Gasteiger partial charge in [-0.15, -0.1) is 0 Å². The van der Waals surface area contributed by atoms with E-state index in [1.54, 1.807) is 12.1 Å². The number of amides is 2. The normalized spacial score (nSPS) is 25.3. The van der Waals surface area contributed by atoms with E-state index in [2.05, 4.69) is 10.9 Å². The van der Waals surface area contributed by atoms with Crippen LogP contribution in [0.2, 0.25) is 5.02 Å². The number of fused-ring (bicyclic) bond motifs is 2. The molecule has 2 aliphatic carbocycles. The molecule has 0 aromatic heterocycles. The molecular formula is C19H21ClN2O5. The van der Waals surface area contributed by atoms with E-state index in [-0.39, 0.29) is 18.4 Å². The number of carbonyl (C=O) groups is 3. The first kappa shape index (κ1) is 19.2. The molecule has 0 heterocycles. The molecule has 1 aromatic carbocycles. The van der Waals surface area contributed by atoms with Gasteiger partial charge in [0.2, 0.25) is 5.91 Å². The smallest absolute Gasteiger partial charge is 0.307 e. The molecule has 0 radical (unpaired) electrons. The Morgan fingerprint density at radius 2 is 1.70 bits per heavy atom. The summed E-state index contributed by atoms with van der Waals surface area (Å²) in [5.41, 5.74) is 6.28. The predicted octanol–water partition coefficient (Wildman–Crippen LogP) is 2.01. The molecule has 2 bridgehead atoms. The Kier molecular flexibility index (Phi) is 5.41. The average Bonchev–Trinajstić information content (AvgIpc) is 3.23. The molecular weight excluding hydrogens is 372 g/mol. The molecule has 1 saturated carbocycles. The van der Waals surface area contributed by atoms with Gasteiger partial charge in [0.25, 0.3) is 5.91 Å². The molecule has 2 amide bonds. The van der Waals surface area contributed by atoms with Crippen LogP contribution in [0.25, 0.3) is 0 Å². The van der Waals surface area contributed by atoms with Gasteiger partial charge in [-0.1, -0.05) is 23.8 Å². The van der Waals surface area contributed by atoms with Crippen LogP contribution in [0.4, 0.5) is 0 Å². The summed E-state index contributed by atoms with van der Waals surface area (Å²) in [5.74, 6) is -3.20. The zero-order valence-electron chi connectivity index (χ0n) is 15.0. The van der Waals surface area contributed by atoms with Crippen molar-refractivity contribution in [3.05, 3.63) is 40.4 Å². The van der Waals surface area contributed by atoms with Gasteiger partial charge in [0, 0.05) is 5.02 Å². The molecule has 0 spiro atoms. The summed E-state index contributed by atoms with van der Waals surface area (Å²) in [6.07, 6.45) is 4.39. The van der Waals surface area contributed by atoms with E-state index in [0.717, 1.165) is 11.1 Å². The maximum atomic E-state index is 12.4. The zero-order valence-corrected chi connectivity index (χ0v) is 15.7. The number of aryl methyl sites for hydroxylation is 2. The van der Waals surface area contributed by atoms with Crippen molar-refractivity contribution in [3.8, 4) is 5.75 Å². The number of allylic oxidation sites excluding steroid dienone is 2. The van der Waals surface area contributed by atoms with Gasteiger partial charge in [0.05, 0.1) is 11.8 Å². The van der Waals surface area contributed by atoms with Crippen molar-refractivity contribution in [1.82, 2.24) is 10.9 Å². The highest BCUT2D eigenvalue weighted by Gasteiger charge is 2.51. The number of hydrogen-bond donors (Lipinski definition) is 3. The van der Waals surface area contributed by atoms with Gasteiger partial charge in [-0.2, -0.15) is 0 Å². The second-order valence-electron chi connectivity index (χ2n) is 7.04. The van der Waals surface area contributed by atoms with Gasteiger partial charge >= 0.3 is 5.97 Å². The number of carbonyl (C=O) groups excluding carboxylic acids is 2. The molecule has 2 aliphatic rings. The largest absolute Gasteiger partial charge is 0.484 e. The van der Waals surface area contributed by atoms with E-state index < -0.39 is 29.6 Å². The van der Waals surface area contributed by atoms with Crippen molar-refractivity contribution in [2.24, 2.45) is 23.7 Å². The van der Waals surface area contributed by atoms with Crippen LogP contribution in [-0.4, -0.2) is 29.5 Å². The molecule has 3 N–H and O–H groups in total.